The van der Waals surface area contributed by atoms with Crippen LogP contribution in [0.2, 0.25) is 0 Å². The van der Waals surface area contributed by atoms with Crippen molar-refractivity contribution in [2.24, 2.45) is 5.92 Å². The molecule has 2 amide bonds. The van der Waals surface area contributed by atoms with Crippen molar-refractivity contribution in [3.8, 4) is 5.75 Å². The van der Waals surface area contributed by atoms with Gasteiger partial charge in [0.1, 0.15) is 12.4 Å². The van der Waals surface area contributed by atoms with Gasteiger partial charge < -0.3 is 25.0 Å². The van der Waals surface area contributed by atoms with E-state index in [1.807, 2.05) is 11.9 Å². The molecule has 0 radical (unpaired) electrons. The van der Waals surface area contributed by atoms with E-state index in [2.05, 4.69) is 5.32 Å². The lowest BCUT2D eigenvalue weighted by Gasteiger charge is -2.36. The monoisotopic (exact) mass is 403 g/mol. The predicted molar refractivity (Wildman–Crippen MR) is 108 cm³/mol. The van der Waals surface area contributed by atoms with E-state index in [1.165, 1.54) is 4.90 Å². The molecule has 1 saturated carbocycles. The molecule has 1 atom stereocenters. The first-order chi connectivity index (χ1) is 13.8. The zero-order chi connectivity index (χ0) is 21.1. The van der Waals surface area contributed by atoms with Crippen molar-refractivity contribution in [3.05, 3.63) is 23.8 Å². The van der Waals surface area contributed by atoms with Crippen molar-refractivity contribution < 1.29 is 24.2 Å². The van der Waals surface area contributed by atoms with Gasteiger partial charge in [0.25, 0.3) is 5.91 Å². The summed E-state index contributed by atoms with van der Waals surface area (Å²) in [5.41, 5.74) is 1.37. The molecule has 0 saturated heterocycles. The first kappa shape index (κ1) is 21.0. The maximum Gasteiger partial charge on any atom is 0.306 e. The van der Waals surface area contributed by atoms with Crippen molar-refractivity contribution >= 4 is 23.5 Å². The zero-order valence-electron chi connectivity index (χ0n) is 17.2. The van der Waals surface area contributed by atoms with Crippen LogP contribution >= 0.6 is 0 Å². The zero-order valence-corrected chi connectivity index (χ0v) is 17.2. The van der Waals surface area contributed by atoms with E-state index in [-0.39, 0.29) is 36.2 Å². The normalized spacial score (nSPS) is 23.6. The highest BCUT2D eigenvalue weighted by Gasteiger charge is 2.30. The predicted octanol–water partition coefficient (Wildman–Crippen LogP) is 1.74. The van der Waals surface area contributed by atoms with Gasteiger partial charge in [-0.15, -0.1) is 0 Å². The third kappa shape index (κ3) is 4.81. The highest BCUT2D eigenvalue weighted by Crippen LogP contribution is 2.35. The average Bonchev–Trinajstić information content (AvgIpc) is 2.69. The summed E-state index contributed by atoms with van der Waals surface area (Å²) in [6, 6.07) is 5.23. The number of carbonyl (C=O) groups excluding carboxylic acids is 2. The molecule has 0 aromatic heterocycles. The maximum absolute atomic E-state index is 12.5. The number of carbonyl (C=O) groups is 3. The lowest BCUT2D eigenvalue weighted by atomic mass is 9.86. The van der Waals surface area contributed by atoms with Gasteiger partial charge in [0.15, 0.2) is 0 Å². The Morgan fingerprint density at radius 1 is 1.21 bits per heavy atom. The van der Waals surface area contributed by atoms with E-state index in [1.54, 1.807) is 32.3 Å². The lowest BCUT2D eigenvalue weighted by molar-refractivity contribution is -0.142. The molecule has 158 valence electrons. The Morgan fingerprint density at radius 2 is 1.90 bits per heavy atom. The van der Waals surface area contributed by atoms with Gasteiger partial charge in [-0.05, 0) is 43.9 Å². The molecule has 8 heteroatoms. The SMILES string of the molecule is CN(C)C(=O)c1ccc2c(c1)N(C)C(CC(=O)NC1CCC(C(=O)O)CC1)CO2. The number of rotatable bonds is 5. The minimum atomic E-state index is -0.749. The number of amides is 2. The number of carboxylic acids is 1. The smallest absolute Gasteiger partial charge is 0.306 e. The van der Waals surface area contributed by atoms with Crippen LogP contribution in [-0.4, -0.2) is 67.6 Å². The number of hydrogen-bond donors (Lipinski definition) is 2. The largest absolute Gasteiger partial charge is 0.489 e. The Balaban J connectivity index is 1.59. The Labute approximate surface area is 170 Å². The summed E-state index contributed by atoms with van der Waals surface area (Å²) in [5.74, 6) is -0.490. The number of nitrogens with zero attached hydrogens (tertiary/aromatic N) is 2. The van der Waals surface area contributed by atoms with E-state index >= 15 is 0 Å². The number of fused-ring (bicyclic) bond motifs is 1. The Bertz CT molecular complexity index is 787. The quantitative estimate of drug-likeness (QED) is 0.777. The summed E-state index contributed by atoms with van der Waals surface area (Å²) in [5, 5.41) is 12.1. The van der Waals surface area contributed by atoms with Crippen LogP contribution in [0.25, 0.3) is 0 Å². The van der Waals surface area contributed by atoms with Crippen LogP contribution in [0, 0.1) is 5.92 Å². The van der Waals surface area contributed by atoms with E-state index in [4.69, 9.17) is 9.84 Å². The molecule has 2 N–H and O–H groups in total. The van der Waals surface area contributed by atoms with Gasteiger partial charge in [0.2, 0.25) is 5.91 Å². The number of likely N-dealkylation sites (N-methyl/N-ethyl adjacent to an activating group) is 1. The summed E-state index contributed by atoms with van der Waals surface area (Å²) in [6.45, 7) is 0.393. The van der Waals surface area contributed by atoms with Crippen molar-refractivity contribution in [2.75, 3.05) is 32.6 Å². The Kier molecular flexibility index (Phi) is 6.30. The molecular formula is C21H29N3O5. The summed E-state index contributed by atoms with van der Waals surface area (Å²) in [6.07, 6.45) is 2.86. The van der Waals surface area contributed by atoms with Crippen LogP contribution in [-0.2, 0) is 9.59 Å². The third-order valence-electron chi connectivity index (χ3n) is 5.83. The molecule has 1 aromatic carbocycles. The topological polar surface area (TPSA) is 99.2 Å². The van der Waals surface area contributed by atoms with Crippen molar-refractivity contribution in [3.63, 3.8) is 0 Å². The van der Waals surface area contributed by atoms with Gasteiger partial charge in [-0.2, -0.15) is 0 Å². The molecule has 1 unspecified atom stereocenters. The standard InChI is InChI=1S/C21H29N3O5/c1-23(2)20(26)14-6-9-18-17(10-14)24(3)16(12-29-18)11-19(25)22-15-7-4-13(5-8-15)21(27)28/h6,9-10,13,15-16H,4-5,7-8,11-12H2,1-3H3,(H,22,25)(H,27,28). The second-order valence-corrected chi connectivity index (χ2v) is 8.12. The fraction of sp³-hybridized carbons (Fsp3) is 0.571. The highest BCUT2D eigenvalue weighted by atomic mass is 16.5. The van der Waals surface area contributed by atoms with Gasteiger partial charge in [0, 0.05) is 32.7 Å². The van der Waals surface area contributed by atoms with Gasteiger partial charge in [-0.1, -0.05) is 0 Å². The summed E-state index contributed by atoms with van der Waals surface area (Å²) in [7, 11) is 5.32. The fourth-order valence-corrected chi connectivity index (χ4v) is 3.98. The van der Waals surface area contributed by atoms with Crippen LogP contribution in [0.4, 0.5) is 5.69 Å². The fourth-order valence-electron chi connectivity index (χ4n) is 3.98. The number of aliphatic carboxylic acids is 1. The molecule has 1 heterocycles. The van der Waals surface area contributed by atoms with E-state index in [9.17, 15) is 14.4 Å². The summed E-state index contributed by atoms with van der Waals surface area (Å²) >= 11 is 0. The maximum atomic E-state index is 12.5. The van der Waals surface area contributed by atoms with Gasteiger partial charge in [0.05, 0.1) is 24.1 Å². The van der Waals surface area contributed by atoms with Gasteiger partial charge in [-0.3, -0.25) is 14.4 Å². The van der Waals surface area contributed by atoms with E-state index in [0.29, 0.717) is 43.6 Å². The van der Waals surface area contributed by atoms with Crippen molar-refractivity contribution in [1.29, 1.82) is 0 Å². The molecular weight excluding hydrogens is 374 g/mol. The highest BCUT2D eigenvalue weighted by molar-refractivity contribution is 5.95. The number of hydrogen-bond acceptors (Lipinski definition) is 5. The molecule has 29 heavy (non-hydrogen) atoms. The summed E-state index contributed by atoms with van der Waals surface area (Å²) < 4.78 is 5.82. The molecule has 1 fully saturated rings. The number of ether oxygens (including phenoxy) is 1. The lowest BCUT2D eigenvalue weighted by Crippen LogP contribution is -2.46. The average molecular weight is 403 g/mol. The molecule has 0 spiro atoms. The van der Waals surface area contributed by atoms with Crippen LogP contribution in [0.1, 0.15) is 42.5 Å². The number of anilines is 1. The minimum absolute atomic E-state index is 0.0320. The summed E-state index contributed by atoms with van der Waals surface area (Å²) in [4.78, 5) is 39.4. The van der Waals surface area contributed by atoms with Crippen LogP contribution in [0.5, 0.6) is 5.75 Å². The van der Waals surface area contributed by atoms with Crippen LogP contribution < -0.4 is 15.0 Å². The molecule has 3 rings (SSSR count). The second kappa shape index (κ2) is 8.71. The minimum Gasteiger partial charge on any atom is -0.489 e. The Hall–Kier alpha value is -2.77. The molecule has 1 aliphatic heterocycles. The van der Waals surface area contributed by atoms with Gasteiger partial charge >= 0.3 is 5.97 Å². The molecule has 8 nitrogen and oxygen atoms in total. The van der Waals surface area contributed by atoms with E-state index < -0.39 is 5.97 Å². The van der Waals surface area contributed by atoms with Gasteiger partial charge in [-0.25, -0.2) is 0 Å². The molecule has 1 aliphatic carbocycles. The van der Waals surface area contributed by atoms with Crippen molar-refractivity contribution in [2.45, 2.75) is 44.2 Å². The number of benzene rings is 1. The second-order valence-electron chi connectivity index (χ2n) is 8.12. The molecule has 1 aromatic rings. The number of nitrogens with one attached hydrogen (secondary N) is 1. The first-order valence-corrected chi connectivity index (χ1v) is 9.99. The first-order valence-electron chi connectivity index (χ1n) is 9.99. The van der Waals surface area contributed by atoms with E-state index in [0.717, 1.165) is 5.69 Å². The third-order valence-corrected chi connectivity index (χ3v) is 5.83. The van der Waals surface area contributed by atoms with Crippen LogP contribution in [0.3, 0.4) is 0 Å². The molecule has 0 bridgehead atoms. The molecule has 2 aliphatic rings. The Morgan fingerprint density at radius 3 is 2.52 bits per heavy atom. The number of carboxylic acid groups (broad SMARTS) is 1. The van der Waals surface area contributed by atoms with Crippen molar-refractivity contribution in [1.82, 2.24) is 10.2 Å². The van der Waals surface area contributed by atoms with Crippen LogP contribution in [0.15, 0.2) is 18.2 Å².